The van der Waals surface area contributed by atoms with Crippen LogP contribution in [0.2, 0.25) is 0 Å². The van der Waals surface area contributed by atoms with Crippen LogP contribution in [-0.4, -0.2) is 50.6 Å². The molecule has 1 heterocycles. The normalized spacial score (nSPS) is 15.1. The number of rotatable bonds is 8. The third-order valence-electron chi connectivity index (χ3n) is 5.44. The Hall–Kier alpha value is -2.33. The number of nitrogens with zero attached hydrogens (tertiary/aromatic N) is 2. The fourth-order valence-corrected chi connectivity index (χ4v) is 3.77. The van der Waals surface area contributed by atoms with E-state index in [1.54, 1.807) is 26.3 Å². The van der Waals surface area contributed by atoms with Gasteiger partial charge in [0.1, 0.15) is 5.75 Å². The topological polar surface area (TPSA) is 92.0 Å². The highest BCUT2D eigenvalue weighted by molar-refractivity contribution is 14.0. The molecule has 1 amide bonds. The highest BCUT2D eigenvalue weighted by Crippen LogP contribution is 2.26. The van der Waals surface area contributed by atoms with E-state index in [1.807, 2.05) is 24.3 Å². The Labute approximate surface area is 201 Å². The molecule has 4 N–H and O–H groups in total. The molecule has 2 aromatic carbocycles. The summed E-state index contributed by atoms with van der Waals surface area (Å²) in [5, 5.41) is 6.77. The predicted molar refractivity (Wildman–Crippen MR) is 135 cm³/mol. The van der Waals surface area contributed by atoms with Gasteiger partial charge in [0.15, 0.2) is 5.96 Å². The molecule has 1 saturated heterocycles. The van der Waals surface area contributed by atoms with E-state index in [-0.39, 0.29) is 30.0 Å². The maximum atomic E-state index is 11.4. The average Bonchev–Trinajstić information content (AvgIpc) is 3.31. The van der Waals surface area contributed by atoms with E-state index in [2.05, 4.69) is 32.7 Å². The van der Waals surface area contributed by atoms with Crippen LogP contribution in [0.4, 0.5) is 0 Å². The summed E-state index contributed by atoms with van der Waals surface area (Å²) < 4.78 is 5.30. The fraction of sp³-hybridized carbons (Fsp3) is 0.391. The van der Waals surface area contributed by atoms with Crippen LogP contribution in [0.3, 0.4) is 0 Å². The second-order valence-corrected chi connectivity index (χ2v) is 7.40. The van der Waals surface area contributed by atoms with Crippen LogP contribution in [0.25, 0.3) is 0 Å². The summed E-state index contributed by atoms with van der Waals surface area (Å²) in [6, 6.07) is 15.9. The van der Waals surface area contributed by atoms with E-state index < -0.39 is 5.91 Å². The number of nitrogens with one attached hydrogen (secondary N) is 2. The Kier molecular flexibility index (Phi) is 10.1. The molecule has 31 heavy (non-hydrogen) atoms. The van der Waals surface area contributed by atoms with Gasteiger partial charge in [0.05, 0.1) is 13.2 Å². The summed E-state index contributed by atoms with van der Waals surface area (Å²) in [7, 11) is 3.44. The van der Waals surface area contributed by atoms with E-state index in [4.69, 9.17) is 10.5 Å². The SMILES string of the molecule is CN=C(NCc1cccc(C(N)=O)c1)NCC(c1ccc(OC)cc1)N1CCCC1.I. The number of guanidine groups is 1. The first-order valence-corrected chi connectivity index (χ1v) is 10.3. The molecule has 1 aliphatic heterocycles. The van der Waals surface area contributed by atoms with Crippen molar-refractivity contribution >= 4 is 35.8 Å². The van der Waals surface area contributed by atoms with Gasteiger partial charge in [0.2, 0.25) is 5.91 Å². The van der Waals surface area contributed by atoms with Gasteiger partial charge in [0.25, 0.3) is 0 Å². The van der Waals surface area contributed by atoms with Crippen LogP contribution in [-0.2, 0) is 6.54 Å². The third kappa shape index (κ3) is 7.10. The minimum Gasteiger partial charge on any atom is -0.497 e. The molecule has 3 rings (SSSR count). The highest BCUT2D eigenvalue weighted by Gasteiger charge is 2.23. The molecular weight excluding hydrogens is 505 g/mol. The van der Waals surface area contributed by atoms with E-state index in [0.717, 1.165) is 36.9 Å². The molecule has 0 bridgehead atoms. The van der Waals surface area contributed by atoms with Crippen molar-refractivity contribution in [3.63, 3.8) is 0 Å². The molecule has 168 valence electrons. The zero-order valence-electron chi connectivity index (χ0n) is 18.1. The first-order valence-electron chi connectivity index (χ1n) is 10.3. The minimum absolute atomic E-state index is 0. The standard InChI is InChI=1S/C23H31N5O2.HI/c1-25-23(26-15-17-6-5-7-19(14-17)22(24)29)27-16-21(28-12-3-4-13-28)18-8-10-20(30-2)11-9-18;/h5-11,14,21H,3-4,12-13,15-16H2,1-2H3,(H2,24,29)(H2,25,26,27);1H. The van der Waals surface area contributed by atoms with Gasteiger partial charge in [-0.3, -0.25) is 14.7 Å². The zero-order valence-corrected chi connectivity index (χ0v) is 20.5. The quantitative estimate of drug-likeness (QED) is 0.274. The summed E-state index contributed by atoms with van der Waals surface area (Å²) in [4.78, 5) is 18.2. The van der Waals surface area contributed by atoms with Crippen LogP contribution in [0, 0.1) is 0 Å². The van der Waals surface area contributed by atoms with Gasteiger partial charge in [-0.15, -0.1) is 24.0 Å². The fourth-order valence-electron chi connectivity index (χ4n) is 3.77. The molecule has 0 spiro atoms. The molecule has 2 aromatic rings. The zero-order chi connectivity index (χ0) is 21.3. The maximum Gasteiger partial charge on any atom is 0.248 e. The lowest BCUT2D eigenvalue weighted by Crippen LogP contribution is -2.42. The van der Waals surface area contributed by atoms with Crippen molar-refractivity contribution in [1.29, 1.82) is 0 Å². The number of likely N-dealkylation sites (tertiary alicyclic amines) is 1. The van der Waals surface area contributed by atoms with Gasteiger partial charge in [0, 0.05) is 25.7 Å². The molecule has 1 unspecified atom stereocenters. The van der Waals surface area contributed by atoms with Gasteiger partial charge in [-0.25, -0.2) is 0 Å². The van der Waals surface area contributed by atoms with Crippen molar-refractivity contribution in [3.05, 3.63) is 65.2 Å². The Balaban J connectivity index is 0.00000341. The molecule has 0 aliphatic carbocycles. The van der Waals surface area contributed by atoms with E-state index in [9.17, 15) is 4.79 Å². The number of amides is 1. The van der Waals surface area contributed by atoms with E-state index in [0.29, 0.717) is 12.1 Å². The van der Waals surface area contributed by atoms with Gasteiger partial charge in [-0.2, -0.15) is 0 Å². The van der Waals surface area contributed by atoms with Crippen LogP contribution in [0.1, 0.15) is 40.4 Å². The number of nitrogens with two attached hydrogens (primary N) is 1. The molecule has 1 atom stereocenters. The number of hydrogen-bond acceptors (Lipinski definition) is 4. The number of carbonyl (C=O) groups excluding carboxylic acids is 1. The van der Waals surface area contributed by atoms with Gasteiger partial charge in [-0.05, 0) is 61.3 Å². The maximum absolute atomic E-state index is 11.4. The third-order valence-corrected chi connectivity index (χ3v) is 5.44. The highest BCUT2D eigenvalue weighted by atomic mass is 127. The summed E-state index contributed by atoms with van der Waals surface area (Å²) in [6.07, 6.45) is 2.46. The van der Waals surface area contributed by atoms with Crippen molar-refractivity contribution < 1.29 is 9.53 Å². The summed E-state index contributed by atoms with van der Waals surface area (Å²) in [6.45, 7) is 3.50. The van der Waals surface area contributed by atoms with Gasteiger partial charge >= 0.3 is 0 Å². The first kappa shape index (κ1) is 24.9. The number of halogens is 1. The second-order valence-electron chi connectivity index (χ2n) is 7.40. The van der Waals surface area contributed by atoms with Crippen molar-refractivity contribution in [2.75, 3.05) is 33.8 Å². The van der Waals surface area contributed by atoms with Crippen molar-refractivity contribution in [2.24, 2.45) is 10.7 Å². The summed E-state index contributed by atoms with van der Waals surface area (Å²) in [5.41, 5.74) is 8.11. The van der Waals surface area contributed by atoms with Crippen molar-refractivity contribution in [1.82, 2.24) is 15.5 Å². The Bertz CT molecular complexity index is 867. The number of aliphatic imine (C=N–C) groups is 1. The minimum atomic E-state index is -0.424. The Morgan fingerprint density at radius 3 is 2.48 bits per heavy atom. The molecule has 1 fully saturated rings. The smallest absolute Gasteiger partial charge is 0.248 e. The number of benzene rings is 2. The molecule has 7 nitrogen and oxygen atoms in total. The number of carbonyl (C=O) groups is 1. The second kappa shape index (κ2) is 12.5. The molecule has 0 radical (unpaired) electrons. The van der Waals surface area contributed by atoms with Crippen molar-refractivity contribution in [2.45, 2.75) is 25.4 Å². The van der Waals surface area contributed by atoms with E-state index >= 15 is 0 Å². The Morgan fingerprint density at radius 2 is 1.87 bits per heavy atom. The molecule has 1 aliphatic rings. The van der Waals surface area contributed by atoms with E-state index in [1.165, 1.54) is 18.4 Å². The number of ether oxygens (including phenoxy) is 1. The molecular formula is C23H32IN5O2. The van der Waals surface area contributed by atoms with Crippen molar-refractivity contribution in [3.8, 4) is 5.75 Å². The van der Waals surface area contributed by atoms with Crippen LogP contribution >= 0.6 is 24.0 Å². The largest absolute Gasteiger partial charge is 0.497 e. The Morgan fingerprint density at radius 1 is 1.16 bits per heavy atom. The van der Waals surface area contributed by atoms with Crippen LogP contribution in [0.15, 0.2) is 53.5 Å². The number of primary amides is 1. The lowest BCUT2D eigenvalue weighted by molar-refractivity contribution is 0.1000. The predicted octanol–water partition coefficient (Wildman–Crippen LogP) is 2.91. The number of hydrogen-bond donors (Lipinski definition) is 3. The van der Waals surface area contributed by atoms with Crippen LogP contribution in [0.5, 0.6) is 5.75 Å². The first-order chi connectivity index (χ1) is 14.6. The number of methoxy groups -OCH3 is 1. The van der Waals surface area contributed by atoms with Gasteiger partial charge < -0.3 is 21.1 Å². The molecule has 8 heteroatoms. The summed E-state index contributed by atoms with van der Waals surface area (Å²) in [5.74, 6) is 1.16. The lowest BCUT2D eigenvalue weighted by atomic mass is 10.1. The summed E-state index contributed by atoms with van der Waals surface area (Å²) >= 11 is 0. The monoisotopic (exact) mass is 537 g/mol. The van der Waals surface area contributed by atoms with Gasteiger partial charge in [-0.1, -0.05) is 24.3 Å². The van der Waals surface area contributed by atoms with Crippen LogP contribution < -0.4 is 21.1 Å². The molecule has 0 saturated carbocycles. The average molecular weight is 537 g/mol. The lowest BCUT2D eigenvalue weighted by Gasteiger charge is -2.29. The molecule has 0 aromatic heterocycles.